The molecule has 0 unspecified atom stereocenters. The number of hydrogen-bond donors (Lipinski definition) is 0. The third-order valence-electron chi connectivity index (χ3n) is 24.4. The highest BCUT2D eigenvalue weighted by atomic mass is 35.5. The van der Waals surface area contributed by atoms with Crippen LogP contribution in [0.15, 0.2) is 394 Å². The predicted octanol–water partition coefficient (Wildman–Crippen LogP) is 25.2. The van der Waals surface area contributed by atoms with Gasteiger partial charge in [-0.3, -0.25) is 4.79 Å². The molecule has 20 heteroatoms. The lowest BCUT2D eigenvalue weighted by Crippen LogP contribution is -2.38. The Balaban J connectivity index is 0.000000132. The molecule has 0 saturated heterocycles. The van der Waals surface area contributed by atoms with E-state index in [1.807, 2.05) is 249 Å². The Labute approximate surface area is 807 Å². The monoisotopic (exact) mass is 1880 g/mol. The largest absolute Gasteiger partial charge is 0.464 e. The van der Waals surface area contributed by atoms with Gasteiger partial charge in [0.05, 0.1) is 49.5 Å². The Morgan fingerprint density at radius 1 is 0.221 bits per heavy atom. The fourth-order valence-electron chi connectivity index (χ4n) is 17.7. The van der Waals surface area contributed by atoms with Gasteiger partial charge in [0.15, 0.2) is 0 Å². The number of fused-ring (bicyclic) bond motifs is 12. The number of carbonyl (C=O) groups is 8. The highest BCUT2D eigenvalue weighted by Crippen LogP contribution is 2.54. The molecule has 0 heterocycles. The minimum atomic E-state index is -0.879. The van der Waals surface area contributed by atoms with E-state index in [9.17, 15) is 38.4 Å². The molecule has 0 bridgehead atoms. The number of ether oxygens (including phenoxy) is 8. The minimum absolute atomic E-state index is 0.00359. The molecule has 0 fully saturated rings. The molecule has 0 aliphatic heterocycles. The summed E-state index contributed by atoms with van der Waals surface area (Å²) in [4.78, 5) is 102. The van der Waals surface area contributed by atoms with E-state index in [2.05, 4.69) is 12.1 Å². The highest BCUT2D eigenvalue weighted by molar-refractivity contribution is 6.32. The van der Waals surface area contributed by atoms with E-state index in [0.717, 1.165) is 100 Å². The number of carbonyl (C=O) groups excluding carboxylic acids is 8. The number of esters is 8. The topological polar surface area (TPSA) is 210 Å². The van der Waals surface area contributed by atoms with Crippen LogP contribution in [0.3, 0.4) is 0 Å². The fourth-order valence-corrected chi connectivity index (χ4v) is 18.3. The van der Waals surface area contributed by atoms with Gasteiger partial charge in [0.2, 0.25) is 0 Å². The van der Waals surface area contributed by atoms with Crippen molar-refractivity contribution in [3.63, 3.8) is 0 Å². The lowest BCUT2D eigenvalue weighted by Gasteiger charge is -2.31. The van der Waals surface area contributed by atoms with Crippen molar-refractivity contribution >= 4 is 106 Å². The number of hydrogen-bond acceptors (Lipinski definition) is 16. The van der Waals surface area contributed by atoms with Gasteiger partial charge in [-0.2, -0.15) is 0 Å². The van der Waals surface area contributed by atoms with Crippen molar-refractivity contribution in [2.45, 2.75) is 35.0 Å². The summed E-state index contributed by atoms with van der Waals surface area (Å²) in [6, 6.07) is 118. The van der Waals surface area contributed by atoms with Gasteiger partial charge >= 0.3 is 47.8 Å². The first-order valence-electron chi connectivity index (χ1n) is 43.9. The van der Waals surface area contributed by atoms with Gasteiger partial charge in [-0.1, -0.05) is 338 Å². The van der Waals surface area contributed by atoms with Gasteiger partial charge in [-0.25, -0.2) is 33.6 Å². The highest BCUT2D eigenvalue weighted by Gasteiger charge is 2.50. The summed E-state index contributed by atoms with van der Waals surface area (Å²) in [7, 11) is 0. The molecular weight excluding hydrogens is 1790 g/mol. The van der Waals surface area contributed by atoms with Crippen molar-refractivity contribution in [2.75, 3.05) is 52.9 Å². The van der Waals surface area contributed by atoms with Crippen molar-refractivity contribution in [3.05, 3.63) is 498 Å². The van der Waals surface area contributed by atoms with Crippen molar-refractivity contribution in [3.8, 4) is 44.5 Å². The summed E-state index contributed by atoms with van der Waals surface area (Å²) in [5.41, 5.74) is 16.5. The molecule has 0 aromatic heterocycles. The van der Waals surface area contributed by atoms with Crippen molar-refractivity contribution in [2.24, 2.45) is 0 Å². The van der Waals surface area contributed by atoms with Gasteiger partial charge in [-0.05, 0) is 209 Å². The number of rotatable bonds is 26. The van der Waals surface area contributed by atoms with Crippen LogP contribution in [0.2, 0.25) is 20.1 Å². The maximum absolute atomic E-state index is 12.9. The molecule has 676 valence electrons. The molecule has 4 aliphatic rings. The zero-order chi connectivity index (χ0) is 94.6. The maximum Gasteiger partial charge on any atom is 0.338 e. The first-order valence-corrected chi connectivity index (χ1v) is 45.4. The molecule has 0 saturated carbocycles. The van der Waals surface area contributed by atoms with E-state index in [0.29, 0.717) is 54.3 Å². The van der Waals surface area contributed by atoms with Crippen molar-refractivity contribution in [1.82, 2.24) is 0 Å². The van der Waals surface area contributed by atoms with Crippen LogP contribution in [-0.4, -0.2) is 101 Å². The van der Waals surface area contributed by atoms with Crippen LogP contribution in [0.25, 0.3) is 56.7 Å². The summed E-state index contributed by atoms with van der Waals surface area (Å²) in [6.45, 7) is 2.00. The van der Waals surface area contributed by atoms with Gasteiger partial charge in [-0.15, -0.1) is 0 Å². The third-order valence-corrected chi connectivity index (χ3v) is 25.3. The van der Waals surface area contributed by atoms with E-state index in [1.54, 1.807) is 140 Å². The van der Waals surface area contributed by atoms with Gasteiger partial charge in [0.1, 0.15) is 52.9 Å². The Morgan fingerprint density at radius 2 is 0.434 bits per heavy atom. The predicted molar refractivity (Wildman–Crippen MR) is 528 cm³/mol. The molecule has 19 rings (SSSR count). The molecule has 0 radical (unpaired) electrons. The van der Waals surface area contributed by atoms with Gasteiger partial charge in [0.25, 0.3) is 0 Å². The van der Waals surface area contributed by atoms with E-state index in [-0.39, 0.29) is 58.8 Å². The van der Waals surface area contributed by atoms with E-state index in [4.69, 9.17) is 84.3 Å². The summed E-state index contributed by atoms with van der Waals surface area (Å²) in [5, 5.41) is 1.96. The van der Waals surface area contributed by atoms with Crippen LogP contribution in [0.1, 0.15) is 121 Å². The normalized spacial score (nSPS) is 13.1. The first-order chi connectivity index (χ1) is 66.3. The van der Waals surface area contributed by atoms with Crippen LogP contribution in [0, 0.1) is 0 Å². The van der Waals surface area contributed by atoms with Gasteiger partial charge in [0, 0.05) is 38.7 Å². The average Bonchev–Trinajstić information content (AvgIpc) is 1.59. The SMILES string of the molecule is CCC(=O)OCC1(COC(=O)c2ccccc2)c2ccccc2-c2ccccc21.O=C(C=Cc1ccccc1)OCC1(COC(=O)C=Cc2ccccc2)c2ccccc2-c2ccccc21.O=C(OCC1(COC(=O)c2ccc(Cl)cc2)c2ccccc2-c2ccccc21)c1ccc(Cl)cc1.O=C(OCC1(COC(=O)c2cccc(Cl)c2)c2ccccc2-c2ccccc21)c1cccc(Cl)c1. The van der Waals surface area contributed by atoms with Crippen LogP contribution in [-0.2, 0) is 73.9 Å². The lowest BCUT2D eigenvalue weighted by molar-refractivity contribution is -0.145. The number of halogens is 4. The fraction of sp³-hybridized carbons (Fsp3) is 0.121. The van der Waals surface area contributed by atoms with E-state index >= 15 is 0 Å². The standard InChI is InChI=1S/C33H26O4.2C29H20Cl2O4.C25H22O4/c34-31(21-19-25-11-3-1-4-12-25)36-23-33(24-37-32(35)22-20-26-13-5-2-6-14-26)29-17-9-7-15-27(29)28-16-8-10-18-30(28)33;30-21-9-5-7-19(15-21)27(32)34-17-29(18-35-28(33)20-8-6-10-22(31)16-20)25-13-3-1-11-23(25)24-12-2-4-14-26(24)29;30-21-13-9-19(10-14-21)27(32)34-17-29(18-35-28(33)20-11-15-22(31)16-12-20)25-7-3-1-5-23(25)24-6-2-4-8-26(24)29;1-2-23(26)28-16-25(17-29-24(27)18-10-4-3-5-11-18)21-14-8-6-12-19(21)20-13-7-9-15-22(20)25/h1-22H,23-24H2;2*1-16H,17-18H2;3-15H,2,16-17H2,1H3. The zero-order valence-corrected chi connectivity index (χ0v) is 76.6. The zero-order valence-electron chi connectivity index (χ0n) is 73.6. The summed E-state index contributed by atoms with van der Waals surface area (Å²) in [5.74, 6) is -3.56. The van der Waals surface area contributed by atoms with Crippen LogP contribution in [0.4, 0.5) is 0 Å². The summed E-state index contributed by atoms with van der Waals surface area (Å²) >= 11 is 24.0. The lowest BCUT2D eigenvalue weighted by atomic mass is 9.79. The Kier molecular flexibility index (Phi) is 29.8. The Morgan fingerprint density at radius 3 is 0.691 bits per heavy atom. The second kappa shape index (κ2) is 43.2. The van der Waals surface area contributed by atoms with Crippen LogP contribution < -0.4 is 0 Å². The average molecular weight is 1880 g/mol. The Bertz CT molecular complexity index is 6600. The molecule has 136 heavy (non-hydrogen) atoms. The Hall–Kier alpha value is -15.3. The molecular formula is C116H88Cl4O16. The molecule has 0 spiro atoms. The van der Waals surface area contributed by atoms with Crippen LogP contribution in [0.5, 0.6) is 0 Å². The quantitative estimate of drug-likeness (QED) is 0.0280. The van der Waals surface area contributed by atoms with E-state index in [1.165, 1.54) is 12.2 Å². The summed E-state index contributed by atoms with van der Waals surface area (Å²) in [6.07, 6.45) is 6.58. The molecule has 16 nitrogen and oxygen atoms in total. The van der Waals surface area contributed by atoms with Crippen molar-refractivity contribution < 1.29 is 76.3 Å². The maximum atomic E-state index is 12.9. The van der Waals surface area contributed by atoms with Gasteiger partial charge < -0.3 is 37.9 Å². The third kappa shape index (κ3) is 20.9. The molecule has 4 aliphatic carbocycles. The number of benzene rings is 15. The first kappa shape index (κ1) is 93.9. The van der Waals surface area contributed by atoms with Crippen molar-refractivity contribution in [1.29, 1.82) is 0 Å². The smallest absolute Gasteiger partial charge is 0.338 e. The second-order valence-electron chi connectivity index (χ2n) is 32.7. The minimum Gasteiger partial charge on any atom is -0.464 e. The second-order valence-corrected chi connectivity index (χ2v) is 34.4. The molecule has 0 amide bonds. The molecule has 15 aromatic rings. The van der Waals surface area contributed by atoms with Crippen LogP contribution >= 0.6 is 46.4 Å². The molecule has 0 atom stereocenters. The van der Waals surface area contributed by atoms with E-state index < -0.39 is 63.4 Å². The molecule has 15 aromatic carbocycles. The molecule has 0 N–H and O–H groups in total. The summed E-state index contributed by atoms with van der Waals surface area (Å²) < 4.78 is 46.3.